The van der Waals surface area contributed by atoms with Gasteiger partial charge in [0.1, 0.15) is 11.6 Å². The van der Waals surface area contributed by atoms with E-state index in [2.05, 4.69) is 15.3 Å². The number of amides is 1. The first kappa shape index (κ1) is 20.9. The van der Waals surface area contributed by atoms with E-state index in [4.69, 9.17) is 23.2 Å². The Hall–Kier alpha value is -2.79. The second kappa shape index (κ2) is 9.14. The lowest BCUT2D eigenvalue weighted by Crippen LogP contribution is -2.17. The van der Waals surface area contributed by atoms with E-state index in [9.17, 15) is 14.9 Å². The Balaban J connectivity index is 1.79. The first-order chi connectivity index (χ1) is 13.9. The molecule has 0 spiro atoms. The summed E-state index contributed by atoms with van der Waals surface area (Å²) in [7, 11) is 0. The van der Waals surface area contributed by atoms with Gasteiger partial charge in [-0.2, -0.15) is 5.26 Å². The molecular formula is C20H14Cl2N4O2S. The molecule has 0 saturated heterocycles. The highest BCUT2D eigenvalue weighted by Crippen LogP contribution is 2.24. The van der Waals surface area contributed by atoms with Gasteiger partial charge in [-0.15, -0.1) is 0 Å². The van der Waals surface area contributed by atoms with Gasteiger partial charge in [-0.1, -0.05) is 47.1 Å². The van der Waals surface area contributed by atoms with E-state index < -0.39 is 5.56 Å². The molecule has 3 aromatic rings. The molecule has 6 nitrogen and oxygen atoms in total. The highest BCUT2D eigenvalue weighted by molar-refractivity contribution is 7.99. The molecule has 146 valence electrons. The average Bonchev–Trinajstić information content (AvgIpc) is 2.69. The molecule has 29 heavy (non-hydrogen) atoms. The third-order valence-corrected chi connectivity index (χ3v) is 5.29. The Morgan fingerprint density at radius 2 is 1.90 bits per heavy atom. The minimum absolute atomic E-state index is 0.0248. The predicted octanol–water partition coefficient (Wildman–Crippen LogP) is 4.65. The fraction of sp³-hybridized carbons (Fsp3) is 0.100. The van der Waals surface area contributed by atoms with Gasteiger partial charge in [0.25, 0.3) is 5.56 Å². The van der Waals surface area contributed by atoms with Crippen molar-refractivity contribution in [2.24, 2.45) is 0 Å². The maximum atomic E-state index is 12.3. The summed E-state index contributed by atoms with van der Waals surface area (Å²) in [6.45, 7) is 1.84. The lowest BCUT2D eigenvalue weighted by Gasteiger charge is -2.09. The Kier molecular flexibility index (Phi) is 6.60. The summed E-state index contributed by atoms with van der Waals surface area (Å²) in [5.74, 6) is -0.239. The van der Waals surface area contributed by atoms with Crippen LogP contribution in [-0.4, -0.2) is 21.6 Å². The molecule has 0 atom stereocenters. The fourth-order valence-corrected chi connectivity index (χ4v) is 3.54. The van der Waals surface area contributed by atoms with Crippen LogP contribution < -0.4 is 10.9 Å². The number of H-pyrrole nitrogens is 1. The zero-order valence-corrected chi connectivity index (χ0v) is 17.5. The number of nitrogens with one attached hydrogen (secondary N) is 2. The van der Waals surface area contributed by atoms with E-state index in [1.54, 1.807) is 42.5 Å². The zero-order chi connectivity index (χ0) is 21.0. The van der Waals surface area contributed by atoms with Crippen LogP contribution in [0.2, 0.25) is 10.0 Å². The van der Waals surface area contributed by atoms with Crippen molar-refractivity contribution in [2.75, 3.05) is 11.1 Å². The predicted molar refractivity (Wildman–Crippen MR) is 116 cm³/mol. The molecule has 0 aliphatic carbocycles. The number of aromatic nitrogens is 2. The Bertz CT molecular complexity index is 1170. The van der Waals surface area contributed by atoms with Gasteiger partial charge < -0.3 is 10.3 Å². The monoisotopic (exact) mass is 444 g/mol. The van der Waals surface area contributed by atoms with Gasteiger partial charge in [-0.3, -0.25) is 9.59 Å². The second-order valence-corrected chi connectivity index (χ2v) is 7.85. The molecule has 0 fully saturated rings. The topological polar surface area (TPSA) is 98.6 Å². The van der Waals surface area contributed by atoms with Gasteiger partial charge in [0.05, 0.1) is 11.4 Å². The standard InChI is InChI=1S/C20H14Cl2N4O2S/c1-11-8-14(22)6-7-16(11)24-17(27)10-29-20-25-18(15(9-23)19(28)26-20)12-2-4-13(21)5-3-12/h2-8H,10H2,1H3,(H,24,27)(H,25,26,28). The van der Waals surface area contributed by atoms with Crippen molar-refractivity contribution < 1.29 is 4.79 Å². The van der Waals surface area contributed by atoms with Crippen molar-refractivity contribution in [3.8, 4) is 17.3 Å². The first-order valence-electron chi connectivity index (χ1n) is 8.36. The molecule has 1 amide bonds. The number of carbonyl (C=O) groups is 1. The summed E-state index contributed by atoms with van der Waals surface area (Å²) < 4.78 is 0. The minimum atomic E-state index is -0.566. The molecule has 0 aliphatic heterocycles. The van der Waals surface area contributed by atoms with Gasteiger partial charge in [-0.25, -0.2) is 4.98 Å². The lowest BCUT2D eigenvalue weighted by atomic mass is 10.1. The number of thioether (sulfide) groups is 1. The molecule has 3 rings (SSSR count). The summed E-state index contributed by atoms with van der Waals surface area (Å²) in [6.07, 6.45) is 0. The quantitative estimate of drug-likeness (QED) is 0.440. The average molecular weight is 445 g/mol. The maximum Gasteiger partial charge on any atom is 0.270 e. The van der Waals surface area contributed by atoms with Crippen LogP contribution in [-0.2, 0) is 4.79 Å². The van der Waals surface area contributed by atoms with Crippen molar-refractivity contribution in [3.05, 3.63) is 74.0 Å². The van der Waals surface area contributed by atoms with E-state index >= 15 is 0 Å². The molecule has 2 aromatic carbocycles. The molecule has 0 saturated carbocycles. The van der Waals surface area contributed by atoms with E-state index in [1.165, 1.54) is 0 Å². The van der Waals surface area contributed by atoms with Crippen LogP contribution in [0.3, 0.4) is 0 Å². The largest absolute Gasteiger partial charge is 0.325 e. The smallest absolute Gasteiger partial charge is 0.270 e. The Morgan fingerprint density at radius 3 is 2.55 bits per heavy atom. The number of anilines is 1. The number of aromatic amines is 1. The van der Waals surface area contributed by atoms with Crippen LogP contribution in [0, 0.1) is 18.3 Å². The highest BCUT2D eigenvalue weighted by atomic mass is 35.5. The van der Waals surface area contributed by atoms with E-state index in [-0.39, 0.29) is 28.1 Å². The molecule has 1 aromatic heterocycles. The van der Waals surface area contributed by atoms with Gasteiger partial charge in [0.15, 0.2) is 5.16 Å². The number of benzene rings is 2. The summed E-state index contributed by atoms with van der Waals surface area (Å²) in [6, 6.07) is 13.7. The number of aryl methyl sites for hydroxylation is 1. The Morgan fingerprint density at radius 1 is 1.21 bits per heavy atom. The molecule has 2 N–H and O–H groups in total. The summed E-state index contributed by atoms with van der Waals surface area (Å²) in [4.78, 5) is 31.4. The van der Waals surface area contributed by atoms with Crippen molar-refractivity contribution in [2.45, 2.75) is 12.1 Å². The van der Waals surface area contributed by atoms with Crippen LogP contribution in [0.1, 0.15) is 11.1 Å². The van der Waals surface area contributed by atoms with Crippen LogP contribution in [0.15, 0.2) is 52.4 Å². The number of hydrogen-bond acceptors (Lipinski definition) is 5. The van der Waals surface area contributed by atoms with Crippen LogP contribution in [0.5, 0.6) is 0 Å². The third-order valence-electron chi connectivity index (χ3n) is 3.93. The van der Waals surface area contributed by atoms with E-state index in [0.717, 1.165) is 17.3 Å². The van der Waals surface area contributed by atoms with E-state index in [1.807, 2.05) is 13.0 Å². The molecular weight excluding hydrogens is 431 g/mol. The van der Waals surface area contributed by atoms with Gasteiger partial charge in [0, 0.05) is 21.3 Å². The van der Waals surface area contributed by atoms with E-state index in [0.29, 0.717) is 21.3 Å². The molecule has 1 heterocycles. The lowest BCUT2D eigenvalue weighted by molar-refractivity contribution is -0.113. The number of carbonyl (C=O) groups excluding carboxylic acids is 1. The maximum absolute atomic E-state index is 12.3. The highest BCUT2D eigenvalue weighted by Gasteiger charge is 2.15. The SMILES string of the molecule is Cc1cc(Cl)ccc1NC(=O)CSc1nc(-c2ccc(Cl)cc2)c(C#N)c(=O)[nH]1. The van der Waals surface area contributed by atoms with Crippen molar-refractivity contribution in [1.29, 1.82) is 5.26 Å². The number of halogens is 2. The summed E-state index contributed by atoms with van der Waals surface area (Å²) >= 11 is 12.9. The number of nitriles is 1. The Labute approximate surface area is 180 Å². The zero-order valence-electron chi connectivity index (χ0n) is 15.1. The second-order valence-electron chi connectivity index (χ2n) is 6.01. The normalized spacial score (nSPS) is 10.4. The molecule has 0 unspecified atom stereocenters. The summed E-state index contributed by atoms with van der Waals surface area (Å²) in [5, 5.41) is 13.5. The number of rotatable bonds is 5. The van der Waals surface area contributed by atoms with Gasteiger partial charge in [-0.05, 0) is 42.8 Å². The first-order valence-corrected chi connectivity index (χ1v) is 10.1. The van der Waals surface area contributed by atoms with Crippen molar-refractivity contribution in [1.82, 2.24) is 9.97 Å². The van der Waals surface area contributed by atoms with Crippen LogP contribution >= 0.6 is 35.0 Å². The minimum Gasteiger partial charge on any atom is -0.325 e. The molecule has 0 aliphatic rings. The third kappa shape index (κ3) is 5.18. The van der Waals surface area contributed by atoms with Crippen molar-refractivity contribution in [3.63, 3.8) is 0 Å². The van der Waals surface area contributed by atoms with Crippen LogP contribution in [0.4, 0.5) is 5.69 Å². The van der Waals surface area contributed by atoms with Crippen LogP contribution in [0.25, 0.3) is 11.3 Å². The fourth-order valence-electron chi connectivity index (χ4n) is 2.53. The van der Waals surface area contributed by atoms with Gasteiger partial charge >= 0.3 is 0 Å². The van der Waals surface area contributed by atoms with Gasteiger partial charge in [0.2, 0.25) is 5.91 Å². The summed E-state index contributed by atoms with van der Waals surface area (Å²) in [5.41, 5.74) is 1.65. The molecule has 9 heteroatoms. The molecule has 0 radical (unpaired) electrons. The van der Waals surface area contributed by atoms with Crippen molar-refractivity contribution >= 4 is 46.6 Å². The molecule has 0 bridgehead atoms. The number of nitrogens with zero attached hydrogens (tertiary/aromatic N) is 2. The number of hydrogen-bond donors (Lipinski definition) is 2.